The van der Waals surface area contributed by atoms with Crippen molar-refractivity contribution >= 4 is 11.8 Å². The van der Waals surface area contributed by atoms with Crippen LogP contribution in [0.3, 0.4) is 0 Å². The molecule has 0 spiro atoms. The van der Waals surface area contributed by atoms with E-state index in [0.717, 1.165) is 50.3 Å². The second kappa shape index (κ2) is 16.2. The van der Waals surface area contributed by atoms with E-state index in [4.69, 9.17) is 0 Å². The maximum Gasteiger partial charge on any atom is 0.253 e. The van der Waals surface area contributed by atoms with E-state index in [2.05, 4.69) is 17.6 Å². The van der Waals surface area contributed by atoms with Crippen molar-refractivity contribution in [1.29, 1.82) is 0 Å². The van der Waals surface area contributed by atoms with Crippen molar-refractivity contribution in [2.75, 3.05) is 26.2 Å². The van der Waals surface area contributed by atoms with E-state index in [1.54, 1.807) is 23.1 Å². The predicted molar refractivity (Wildman–Crippen MR) is 147 cm³/mol. The molecule has 0 bridgehead atoms. The topological polar surface area (TPSA) is 81.7 Å². The maximum absolute atomic E-state index is 13.8. The Bertz CT molecular complexity index is 1020. The monoisotopic (exact) mass is 531 g/mol. The van der Waals surface area contributed by atoms with Gasteiger partial charge in [0, 0.05) is 36.8 Å². The minimum absolute atomic E-state index is 0.0383. The van der Waals surface area contributed by atoms with Crippen LogP contribution in [0.2, 0.25) is 0 Å². The summed E-state index contributed by atoms with van der Waals surface area (Å²) >= 11 is 0. The van der Waals surface area contributed by atoms with E-state index in [9.17, 15) is 23.5 Å². The first kappa shape index (κ1) is 31.4. The number of halogens is 2. The van der Waals surface area contributed by atoms with Gasteiger partial charge in [0.25, 0.3) is 11.8 Å². The van der Waals surface area contributed by atoms with E-state index < -0.39 is 29.7 Å². The second-order valence-corrected chi connectivity index (χ2v) is 9.92. The lowest BCUT2D eigenvalue weighted by atomic mass is 9.99. The smallest absolute Gasteiger partial charge is 0.253 e. The number of carbonyl (C=O) groups excluding carboxylic acids is 2. The molecule has 0 unspecified atom stereocenters. The van der Waals surface area contributed by atoms with Gasteiger partial charge in [-0.3, -0.25) is 9.59 Å². The Kier molecular flexibility index (Phi) is 13.4. The van der Waals surface area contributed by atoms with Gasteiger partial charge in [0.15, 0.2) is 0 Å². The number of aliphatic hydroxyl groups excluding tert-OH is 1. The first-order chi connectivity index (χ1) is 18.2. The van der Waals surface area contributed by atoms with Crippen LogP contribution < -0.4 is 10.6 Å². The average Bonchev–Trinajstić information content (AvgIpc) is 2.86. The average molecular weight is 532 g/mol. The summed E-state index contributed by atoms with van der Waals surface area (Å²) in [6.45, 7) is 10.1. The molecule has 0 aliphatic rings. The molecule has 0 radical (unpaired) electrons. The van der Waals surface area contributed by atoms with Crippen LogP contribution in [0, 0.1) is 18.6 Å². The quantitative estimate of drug-likeness (QED) is 0.266. The lowest BCUT2D eigenvalue weighted by molar-refractivity contribution is 0.0755. The largest absolute Gasteiger partial charge is 0.390 e. The van der Waals surface area contributed by atoms with Crippen LogP contribution in [-0.2, 0) is 6.42 Å². The molecule has 0 aliphatic carbocycles. The number of nitrogens with one attached hydrogen (secondary N) is 2. The van der Waals surface area contributed by atoms with Crippen molar-refractivity contribution in [2.24, 2.45) is 0 Å². The maximum atomic E-state index is 13.8. The highest BCUT2D eigenvalue weighted by atomic mass is 19.1. The third kappa shape index (κ3) is 10.1. The summed E-state index contributed by atoms with van der Waals surface area (Å²) in [7, 11) is 0. The normalized spacial score (nSPS) is 12.7. The highest BCUT2D eigenvalue weighted by Gasteiger charge is 2.24. The molecule has 2 aromatic carbocycles. The lowest BCUT2D eigenvalue weighted by Gasteiger charge is -2.25. The lowest BCUT2D eigenvalue weighted by Crippen LogP contribution is -2.49. The number of hydrogen-bond acceptors (Lipinski definition) is 4. The zero-order valence-electron chi connectivity index (χ0n) is 23.2. The van der Waals surface area contributed by atoms with Gasteiger partial charge >= 0.3 is 0 Å². The Morgan fingerprint density at radius 3 is 2.13 bits per heavy atom. The Balaban J connectivity index is 2.25. The minimum atomic E-state index is -0.998. The van der Waals surface area contributed by atoms with Crippen molar-refractivity contribution in [3.63, 3.8) is 0 Å². The van der Waals surface area contributed by atoms with E-state index in [-0.39, 0.29) is 18.9 Å². The van der Waals surface area contributed by atoms with Crippen molar-refractivity contribution in [2.45, 2.75) is 78.4 Å². The molecule has 2 amide bonds. The van der Waals surface area contributed by atoms with Gasteiger partial charge in [-0.05, 0) is 80.6 Å². The molecule has 0 aliphatic heterocycles. The molecule has 0 saturated carbocycles. The van der Waals surface area contributed by atoms with Crippen LogP contribution in [0.1, 0.15) is 84.7 Å². The van der Waals surface area contributed by atoms with E-state index >= 15 is 0 Å². The molecule has 2 aromatic rings. The van der Waals surface area contributed by atoms with Crippen molar-refractivity contribution in [3.8, 4) is 0 Å². The Morgan fingerprint density at radius 2 is 1.53 bits per heavy atom. The number of benzene rings is 2. The molecule has 3 N–H and O–H groups in total. The van der Waals surface area contributed by atoms with Gasteiger partial charge in [-0.15, -0.1) is 0 Å². The molecule has 6 nitrogen and oxygen atoms in total. The molecule has 0 saturated heterocycles. The number of carbonyl (C=O) groups is 2. The third-order valence-electron chi connectivity index (χ3n) is 6.33. The molecule has 38 heavy (non-hydrogen) atoms. The predicted octanol–water partition coefficient (Wildman–Crippen LogP) is 5.02. The third-order valence-corrected chi connectivity index (χ3v) is 6.33. The fourth-order valence-electron chi connectivity index (χ4n) is 4.48. The molecule has 2 atom stereocenters. The van der Waals surface area contributed by atoms with Gasteiger partial charge in [-0.1, -0.05) is 33.6 Å². The second-order valence-electron chi connectivity index (χ2n) is 9.92. The van der Waals surface area contributed by atoms with Crippen LogP contribution in [0.15, 0.2) is 36.4 Å². The number of nitrogens with zero attached hydrogens (tertiary/aromatic N) is 1. The molecule has 0 heterocycles. The standard InChI is InChI=1S/C30H43F2N3O3/c1-5-8-9-10-33-20-28(36)27(17-22-15-25(31)19-26(32)16-22)34-29(37)23-13-21(4)14-24(18-23)30(38)35(11-6-2)12-7-3/h13-16,18-19,27-28,33,36H,5-12,17,20H2,1-4H3,(H,34,37)/t27-,28+/m0/s1. The fraction of sp³-hybridized carbons (Fsp3) is 0.533. The molecule has 210 valence electrons. The summed E-state index contributed by atoms with van der Waals surface area (Å²) in [5, 5.41) is 17.0. The summed E-state index contributed by atoms with van der Waals surface area (Å²) in [4.78, 5) is 28.3. The number of hydrogen-bond donors (Lipinski definition) is 3. The summed E-state index contributed by atoms with van der Waals surface area (Å²) in [5.74, 6) is -2.03. The SMILES string of the molecule is CCCCCNC[C@@H](O)[C@H](Cc1cc(F)cc(F)c1)NC(=O)c1cc(C)cc(C(=O)N(CCC)CCC)c1. The van der Waals surface area contributed by atoms with Crippen LogP contribution in [0.4, 0.5) is 8.78 Å². The van der Waals surface area contributed by atoms with Gasteiger partial charge in [-0.25, -0.2) is 8.78 Å². The van der Waals surface area contributed by atoms with E-state index in [1.165, 1.54) is 12.1 Å². The zero-order valence-corrected chi connectivity index (χ0v) is 23.2. The van der Waals surface area contributed by atoms with Gasteiger partial charge in [0.1, 0.15) is 11.6 Å². The fourth-order valence-corrected chi connectivity index (χ4v) is 4.48. The summed E-state index contributed by atoms with van der Waals surface area (Å²) in [6, 6.07) is 7.39. The Labute approximate surface area is 225 Å². The number of aliphatic hydroxyl groups is 1. The van der Waals surface area contributed by atoms with Gasteiger partial charge in [-0.2, -0.15) is 0 Å². The van der Waals surface area contributed by atoms with E-state index in [1.807, 2.05) is 20.8 Å². The van der Waals surface area contributed by atoms with Crippen LogP contribution in [0.5, 0.6) is 0 Å². The van der Waals surface area contributed by atoms with Crippen LogP contribution in [0.25, 0.3) is 0 Å². The van der Waals surface area contributed by atoms with Gasteiger partial charge < -0.3 is 20.6 Å². The molecular formula is C30H43F2N3O3. The van der Waals surface area contributed by atoms with Crippen LogP contribution in [-0.4, -0.2) is 60.1 Å². The first-order valence-corrected chi connectivity index (χ1v) is 13.7. The Morgan fingerprint density at radius 1 is 0.895 bits per heavy atom. The van der Waals surface area contributed by atoms with Crippen molar-refractivity contribution in [1.82, 2.24) is 15.5 Å². The Hall–Kier alpha value is -2.84. The zero-order chi connectivity index (χ0) is 28.1. The highest BCUT2D eigenvalue weighted by molar-refractivity contribution is 6.00. The van der Waals surface area contributed by atoms with Crippen LogP contribution >= 0.6 is 0 Å². The summed E-state index contributed by atoms with van der Waals surface area (Å²) < 4.78 is 27.7. The van der Waals surface area contributed by atoms with Gasteiger partial charge in [0.05, 0.1) is 12.1 Å². The molecule has 8 heteroatoms. The summed E-state index contributed by atoms with van der Waals surface area (Å²) in [5.41, 5.74) is 1.81. The molecule has 0 aromatic heterocycles. The molecular weight excluding hydrogens is 488 g/mol. The van der Waals surface area contributed by atoms with Gasteiger partial charge in [0.2, 0.25) is 0 Å². The number of rotatable bonds is 16. The number of aryl methyl sites for hydroxylation is 1. The molecule has 0 fully saturated rings. The van der Waals surface area contributed by atoms with Crippen molar-refractivity contribution in [3.05, 3.63) is 70.3 Å². The highest BCUT2D eigenvalue weighted by Crippen LogP contribution is 2.16. The first-order valence-electron chi connectivity index (χ1n) is 13.7. The van der Waals surface area contributed by atoms with E-state index in [0.29, 0.717) is 29.8 Å². The number of amides is 2. The summed E-state index contributed by atoms with van der Waals surface area (Å²) in [6.07, 6.45) is 3.80. The minimum Gasteiger partial charge on any atom is -0.390 e. The number of unbranched alkanes of at least 4 members (excludes halogenated alkanes) is 2. The molecule has 2 rings (SSSR count). The van der Waals surface area contributed by atoms with Crippen molar-refractivity contribution < 1.29 is 23.5 Å².